The maximum absolute atomic E-state index is 4.29. The summed E-state index contributed by atoms with van der Waals surface area (Å²) in [6, 6.07) is 12.8. The molecule has 0 atom stereocenters. The van der Waals surface area contributed by atoms with Crippen LogP contribution in [0, 0.1) is 0 Å². The zero-order valence-corrected chi connectivity index (χ0v) is 12.9. The molecule has 2 aromatic rings. The van der Waals surface area contributed by atoms with E-state index >= 15 is 0 Å². The Morgan fingerprint density at radius 3 is 2.42 bits per heavy atom. The number of hydrogen-bond acceptors (Lipinski definition) is 2. The van der Waals surface area contributed by atoms with Gasteiger partial charge in [0.25, 0.3) is 0 Å². The molecule has 1 N–H and O–H groups in total. The van der Waals surface area contributed by atoms with Crippen LogP contribution >= 0.6 is 15.9 Å². The second kappa shape index (κ2) is 6.71. The van der Waals surface area contributed by atoms with Crippen LogP contribution in [-0.2, 0) is 6.42 Å². The van der Waals surface area contributed by atoms with E-state index in [1.165, 1.54) is 11.1 Å². The Balaban J connectivity index is 1.83. The summed E-state index contributed by atoms with van der Waals surface area (Å²) in [6.07, 6.45) is 2.82. The molecule has 0 spiro atoms. The van der Waals surface area contributed by atoms with Crippen LogP contribution < -0.4 is 5.32 Å². The molecule has 19 heavy (non-hydrogen) atoms. The minimum Gasteiger partial charge on any atom is -0.370 e. The number of nitrogens with zero attached hydrogens (tertiary/aromatic N) is 1. The first kappa shape index (κ1) is 14.1. The third-order valence-electron chi connectivity index (χ3n) is 3.09. The van der Waals surface area contributed by atoms with Gasteiger partial charge in [-0.1, -0.05) is 38.1 Å². The summed E-state index contributed by atoms with van der Waals surface area (Å²) < 4.78 is 1.00. The fourth-order valence-electron chi connectivity index (χ4n) is 1.88. The van der Waals surface area contributed by atoms with E-state index in [-0.39, 0.29) is 0 Å². The zero-order valence-electron chi connectivity index (χ0n) is 11.4. The minimum atomic E-state index is 0.596. The molecule has 0 saturated carbocycles. The van der Waals surface area contributed by atoms with E-state index in [0.29, 0.717) is 5.92 Å². The Morgan fingerprint density at radius 1 is 1.11 bits per heavy atom. The molecule has 2 rings (SSSR count). The van der Waals surface area contributed by atoms with Crippen molar-refractivity contribution >= 4 is 21.7 Å². The second-order valence-electron chi connectivity index (χ2n) is 4.93. The van der Waals surface area contributed by atoms with Gasteiger partial charge < -0.3 is 5.32 Å². The van der Waals surface area contributed by atoms with Crippen LogP contribution in [0.2, 0.25) is 0 Å². The first-order valence-corrected chi connectivity index (χ1v) is 7.38. The summed E-state index contributed by atoms with van der Waals surface area (Å²) in [5.74, 6) is 1.51. The first-order valence-electron chi connectivity index (χ1n) is 6.59. The number of benzene rings is 1. The number of anilines is 1. The van der Waals surface area contributed by atoms with Crippen molar-refractivity contribution in [2.75, 3.05) is 11.9 Å². The minimum absolute atomic E-state index is 0.596. The Hall–Kier alpha value is -1.35. The molecule has 0 aliphatic carbocycles. The molecule has 2 nitrogen and oxygen atoms in total. The van der Waals surface area contributed by atoms with Gasteiger partial charge in [-0.05, 0) is 51.5 Å². The molecule has 100 valence electrons. The van der Waals surface area contributed by atoms with Crippen LogP contribution in [0.3, 0.4) is 0 Å². The second-order valence-corrected chi connectivity index (χ2v) is 5.85. The number of nitrogens with one attached hydrogen (secondary N) is 1. The first-order chi connectivity index (χ1) is 9.15. The summed E-state index contributed by atoms with van der Waals surface area (Å²) >= 11 is 3.38. The van der Waals surface area contributed by atoms with Gasteiger partial charge in [-0.25, -0.2) is 4.98 Å². The smallest absolute Gasteiger partial charge is 0.125 e. The topological polar surface area (TPSA) is 24.9 Å². The van der Waals surface area contributed by atoms with E-state index in [2.05, 4.69) is 64.3 Å². The van der Waals surface area contributed by atoms with Crippen molar-refractivity contribution in [2.24, 2.45) is 0 Å². The highest BCUT2D eigenvalue weighted by Crippen LogP contribution is 2.15. The van der Waals surface area contributed by atoms with Gasteiger partial charge >= 0.3 is 0 Å². The van der Waals surface area contributed by atoms with Crippen molar-refractivity contribution in [1.29, 1.82) is 0 Å². The zero-order chi connectivity index (χ0) is 13.7. The standard InChI is InChI=1S/C16H19BrN2/c1-12(2)14-5-3-13(4-6-14)9-10-18-16-8-7-15(17)11-19-16/h3-8,11-12H,9-10H2,1-2H3,(H,18,19). The maximum Gasteiger partial charge on any atom is 0.125 e. The lowest BCUT2D eigenvalue weighted by Crippen LogP contribution is -2.06. The molecular weight excluding hydrogens is 300 g/mol. The van der Waals surface area contributed by atoms with E-state index < -0.39 is 0 Å². The Kier molecular flexibility index (Phi) is 4.97. The monoisotopic (exact) mass is 318 g/mol. The predicted octanol–water partition coefficient (Wildman–Crippen LogP) is 4.62. The SMILES string of the molecule is CC(C)c1ccc(CCNc2ccc(Br)cn2)cc1. The molecular formula is C16H19BrN2. The Morgan fingerprint density at radius 2 is 1.84 bits per heavy atom. The molecule has 3 heteroatoms. The Bertz CT molecular complexity index is 503. The van der Waals surface area contributed by atoms with Gasteiger partial charge in [-0.15, -0.1) is 0 Å². The summed E-state index contributed by atoms with van der Waals surface area (Å²) in [5, 5.41) is 3.33. The van der Waals surface area contributed by atoms with E-state index in [0.717, 1.165) is 23.3 Å². The molecule has 0 saturated heterocycles. The van der Waals surface area contributed by atoms with Crippen LogP contribution in [0.1, 0.15) is 30.9 Å². The fourth-order valence-corrected chi connectivity index (χ4v) is 2.12. The van der Waals surface area contributed by atoms with Crippen molar-refractivity contribution in [3.8, 4) is 0 Å². The number of halogens is 1. The van der Waals surface area contributed by atoms with Gasteiger partial charge in [0.05, 0.1) is 0 Å². The third kappa shape index (κ3) is 4.35. The lowest BCUT2D eigenvalue weighted by atomic mass is 10.0. The molecule has 0 amide bonds. The third-order valence-corrected chi connectivity index (χ3v) is 3.56. The van der Waals surface area contributed by atoms with Crippen molar-refractivity contribution in [2.45, 2.75) is 26.2 Å². The fraction of sp³-hybridized carbons (Fsp3) is 0.312. The average Bonchev–Trinajstić information content (AvgIpc) is 2.41. The highest BCUT2D eigenvalue weighted by molar-refractivity contribution is 9.10. The van der Waals surface area contributed by atoms with Gasteiger partial charge in [0.1, 0.15) is 5.82 Å². The van der Waals surface area contributed by atoms with Crippen LogP contribution in [0.5, 0.6) is 0 Å². The van der Waals surface area contributed by atoms with Crippen LogP contribution in [0.25, 0.3) is 0 Å². The predicted molar refractivity (Wildman–Crippen MR) is 84.7 cm³/mol. The van der Waals surface area contributed by atoms with Crippen LogP contribution in [-0.4, -0.2) is 11.5 Å². The lowest BCUT2D eigenvalue weighted by molar-refractivity contribution is 0.864. The molecule has 0 bridgehead atoms. The lowest BCUT2D eigenvalue weighted by Gasteiger charge is -2.08. The number of rotatable bonds is 5. The molecule has 0 aliphatic rings. The van der Waals surface area contributed by atoms with Gasteiger partial charge in [-0.3, -0.25) is 0 Å². The summed E-state index contributed by atoms with van der Waals surface area (Å²) in [4.78, 5) is 4.29. The van der Waals surface area contributed by atoms with Gasteiger partial charge in [0, 0.05) is 17.2 Å². The summed E-state index contributed by atoms with van der Waals surface area (Å²) in [5.41, 5.74) is 2.75. The van der Waals surface area contributed by atoms with Crippen LogP contribution in [0.4, 0.5) is 5.82 Å². The normalized spacial score (nSPS) is 10.7. The molecule has 0 unspecified atom stereocenters. The molecule has 0 aliphatic heterocycles. The van der Waals surface area contributed by atoms with Crippen molar-refractivity contribution in [3.05, 3.63) is 58.2 Å². The van der Waals surface area contributed by atoms with Crippen molar-refractivity contribution < 1.29 is 0 Å². The maximum atomic E-state index is 4.29. The van der Waals surface area contributed by atoms with Gasteiger partial charge in [0.15, 0.2) is 0 Å². The van der Waals surface area contributed by atoms with Crippen LogP contribution in [0.15, 0.2) is 47.1 Å². The van der Waals surface area contributed by atoms with Gasteiger partial charge in [-0.2, -0.15) is 0 Å². The van der Waals surface area contributed by atoms with E-state index in [4.69, 9.17) is 0 Å². The molecule has 1 heterocycles. The van der Waals surface area contributed by atoms with E-state index in [1.807, 2.05) is 12.1 Å². The van der Waals surface area contributed by atoms with E-state index in [9.17, 15) is 0 Å². The average molecular weight is 319 g/mol. The molecule has 0 radical (unpaired) electrons. The van der Waals surface area contributed by atoms with E-state index in [1.54, 1.807) is 6.20 Å². The largest absolute Gasteiger partial charge is 0.370 e. The Labute approximate surface area is 123 Å². The highest BCUT2D eigenvalue weighted by Gasteiger charge is 1.99. The molecule has 1 aromatic heterocycles. The van der Waals surface area contributed by atoms with Crippen molar-refractivity contribution in [1.82, 2.24) is 4.98 Å². The number of hydrogen-bond donors (Lipinski definition) is 1. The summed E-state index contributed by atoms with van der Waals surface area (Å²) in [6.45, 7) is 5.33. The number of aromatic nitrogens is 1. The summed E-state index contributed by atoms with van der Waals surface area (Å²) in [7, 11) is 0. The number of pyridine rings is 1. The molecule has 0 fully saturated rings. The quantitative estimate of drug-likeness (QED) is 0.869. The van der Waals surface area contributed by atoms with Crippen molar-refractivity contribution in [3.63, 3.8) is 0 Å². The molecule has 1 aromatic carbocycles. The highest BCUT2D eigenvalue weighted by atomic mass is 79.9. The van der Waals surface area contributed by atoms with Gasteiger partial charge in [0.2, 0.25) is 0 Å².